The minimum atomic E-state index is 0. The lowest BCUT2D eigenvalue weighted by atomic mass is 9.97. The van der Waals surface area contributed by atoms with Crippen LogP contribution in [-0.4, -0.2) is 75.2 Å². The van der Waals surface area contributed by atoms with Crippen LogP contribution < -0.4 is 10.6 Å². The van der Waals surface area contributed by atoms with Crippen molar-refractivity contribution >= 4 is 29.9 Å². The van der Waals surface area contributed by atoms with Crippen molar-refractivity contribution in [1.29, 1.82) is 0 Å². The summed E-state index contributed by atoms with van der Waals surface area (Å²) in [5.74, 6) is 1.77. The molecule has 0 saturated carbocycles. The highest BCUT2D eigenvalue weighted by Crippen LogP contribution is 2.16. The molecule has 26 heavy (non-hydrogen) atoms. The molecule has 0 atom stereocenters. The van der Waals surface area contributed by atoms with E-state index in [0.29, 0.717) is 0 Å². The first-order chi connectivity index (χ1) is 12.3. The maximum atomic E-state index is 4.39. The molecular formula is C20H42IN5. The van der Waals surface area contributed by atoms with Crippen LogP contribution in [0.5, 0.6) is 0 Å². The van der Waals surface area contributed by atoms with Crippen molar-refractivity contribution in [3.05, 3.63) is 0 Å². The Morgan fingerprint density at radius 1 is 0.923 bits per heavy atom. The fourth-order valence-electron chi connectivity index (χ4n) is 4.06. The Morgan fingerprint density at radius 2 is 1.58 bits per heavy atom. The van der Waals surface area contributed by atoms with Crippen LogP contribution in [0.4, 0.5) is 0 Å². The van der Waals surface area contributed by atoms with Crippen LogP contribution in [0.3, 0.4) is 0 Å². The van der Waals surface area contributed by atoms with Crippen LogP contribution >= 0.6 is 24.0 Å². The fraction of sp³-hybridized carbons (Fsp3) is 0.950. The third-order valence-electron chi connectivity index (χ3n) is 5.67. The number of halogens is 1. The first-order valence-electron chi connectivity index (χ1n) is 10.7. The van der Waals surface area contributed by atoms with E-state index in [2.05, 4.69) is 32.3 Å². The number of nitrogens with zero attached hydrogens (tertiary/aromatic N) is 3. The molecule has 2 aliphatic rings. The number of piperidine rings is 1. The first kappa shape index (κ1) is 24.0. The average Bonchev–Trinajstić information content (AvgIpc) is 2.91. The number of nitrogens with one attached hydrogen (secondary N) is 2. The molecule has 0 aromatic rings. The van der Waals surface area contributed by atoms with E-state index in [1.165, 1.54) is 90.6 Å². The summed E-state index contributed by atoms with van der Waals surface area (Å²) in [6, 6.07) is 0. The molecule has 2 aliphatic heterocycles. The third-order valence-corrected chi connectivity index (χ3v) is 5.67. The van der Waals surface area contributed by atoms with Gasteiger partial charge in [-0.2, -0.15) is 0 Å². The monoisotopic (exact) mass is 479 g/mol. The topological polar surface area (TPSA) is 42.9 Å². The predicted molar refractivity (Wildman–Crippen MR) is 124 cm³/mol. The lowest BCUT2D eigenvalue weighted by molar-refractivity contribution is 0.185. The zero-order valence-corrected chi connectivity index (χ0v) is 19.5. The van der Waals surface area contributed by atoms with Gasteiger partial charge in [0.2, 0.25) is 0 Å². The summed E-state index contributed by atoms with van der Waals surface area (Å²) in [6.45, 7) is 12.0. The van der Waals surface area contributed by atoms with Crippen LogP contribution in [0.25, 0.3) is 0 Å². The van der Waals surface area contributed by atoms with Gasteiger partial charge in [-0.05, 0) is 83.7 Å². The van der Waals surface area contributed by atoms with Gasteiger partial charge >= 0.3 is 0 Å². The molecule has 154 valence electrons. The van der Waals surface area contributed by atoms with Gasteiger partial charge in [0.1, 0.15) is 0 Å². The summed E-state index contributed by atoms with van der Waals surface area (Å²) >= 11 is 0. The Hall–Kier alpha value is -0.0800. The van der Waals surface area contributed by atoms with Gasteiger partial charge in [0, 0.05) is 20.1 Å². The molecule has 0 aromatic carbocycles. The zero-order chi connectivity index (χ0) is 17.7. The third kappa shape index (κ3) is 9.74. The van der Waals surface area contributed by atoms with E-state index in [9.17, 15) is 0 Å². The molecule has 0 amide bonds. The van der Waals surface area contributed by atoms with Crippen molar-refractivity contribution in [2.24, 2.45) is 10.9 Å². The molecule has 2 fully saturated rings. The summed E-state index contributed by atoms with van der Waals surface area (Å²) in [7, 11) is 1.88. The quantitative estimate of drug-likeness (QED) is 0.243. The average molecular weight is 479 g/mol. The minimum absolute atomic E-state index is 0. The SMILES string of the molecule is CCCN1CCC(CNC(=NC)NCCCN2CCCCCC2)CC1.I. The number of guanidine groups is 1. The molecular weight excluding hydrogens is 437 g/mol. The molecule has 2 N–H and O–H groups in total. The van der Waals surface area contributed by atoms with E-state index >= 15 is 0 Å². The molecule has 2 heterocycles. The van der Waals surface area contributed by atoms with E-state index in [-0.39, 0.29) is 24.0 Å². The molecule has 0 aliphatic carbocycles. The maximum Gasteiger partial charge on any atom is 0.190 e. The molecule has 6 heteroatoms. The molecule has 0 bridgehead atoms. The second kappa shape index (κ2) is 14.9. The van der Waals surface area contributed by atoms with Crippen molar-refractivity contribution < 1.29 is 0 Å². The smallest absolute Gasteiger partial charge is 0.190 e. The van der Waals surface area contributed by atoms with Crippen molar-refractivity contribution in [2.45, 2.75) is 58.3 Å². The summed E-state index contributed by atoms with van der Waals surface area (Å²) < 4.78 is 0. The fourth-order valence-corrected chi connectivity index (χ4v) is 4.06. The lowest BCUT2D eigenvalue weighted by Crippen LogP contribution is -2.43. The number of hydrogen-bond donors (Lipinski definition) is 2. The summed E-state index contributed by atoms with van der Waals surface area (Å²) in [4.78, 5) is 9.62. The van der Waals surface area contributed by atoms with Gasteiger partial charge in [0.05, 0.1) is 0 Å². The number of likely N-dealkylation sites (tertiary alicyclic amines) is 2. The van der Waals surface area contributed by atoms with Gasteiger partial charge in [-0.3, -0.25) is 4.99 Å². The van der Waals surface area contributed by atoms with E-state index in [0.717, 1.165) is 25.0 Å². The second-order valence-electron chi connectivity index (χ2n) is 7.77. The Bertz CT molecular complexity index is 361. The Kier molecular flexibility index (Phi) is 13.7. The summed E-state index contributed by atoms with van der Waals surface area (Å²) in [5, 5.41) is 7.04. The lowest BCUT2D eigenvalue weighted by Gasteiger charge is -2.32. The number of hydrogen-bond acceptors (Lipinski definition) is 3. The molecule has 0 unspecified atom stereocenters. The molecule has 2 saturated heterocycles. The van der Waals surface area contributed by atoms with Crippen molar-refractivity contribution in [3.8, 4) is 0 Å². The maximum absolute atomic E-state index is 4.39. The highest BCUT2D eigenvalue weighted by atomic mass is 127. The Labute approximate surface area is 178 Å². The number of aliphatic imine (C=N–C) groups is 1. The van der Waals surface area contributed by atoms with Crippen LogP contribution in [0.2, 0.25) is 0 Å². The Morgan fingerprint density at radius 3 is 2.19 bits per heavy atom. The van der Waals surface area contributed by atoms with Crippen molar-refractivity contribution in [2.75, 3.05) is 59.4 Å². The van der Waals surface area contributed by atoms with Crippen LogP contribution in [0, 0.1) is 5.92 Å². The molecule has 0 spiro atoms. The van der Waals surface area contributed by atoms with Crippen molar-refractivity contribution in [1.82, 2.24) is 20.4 Å². The molecule has 2 rings (SSSR count). The summed E-state index contributed by atoms with van der Waals surface area (Å²) in [5.41, 5.74) is 0. The normalized spacial score (nSPS) is 21.1. The Balaban J connectivity index is 0.00000338. The van der Waals surface area contributed by atoms with E-state index in [4.69, 9.17) is 0 Å². The van der Waals surface area contributed by atoms with E-state index in [1.807, 2.05) is 7.05 Å². The predicted octanol–water partition coefficient (Wildman–Crippen LogP) is 3.16. The van der Waals surface area contributed by atoms with E-state index in [1.54, 1.807) is 0 Å². The van der Waals surface area contributed by atoms with Crippen LogP contribution in [0.15, 0.2) is 4.99 Å². The van der Waals surface area contributed by atoms with Gasteiger partial charge in [-0.15, -0.1) is 24.0 Å². The van der Waals surface area contributed by atoms with Gasteiger partial charge in [0.25, 0.3) is 0 Å². The van der Waals surface area contributed by atoms with Gasteiger partial charge in [-0.1, -0.05) is 19.8 Å². The van der Waals surface area contributed by atoms with E-state index < -0.39 is 0 Å². The van der Waals surface area contributed by atoms with Crippen LogP contribution in [0.1, 0.15) is 58.3 Å². The molecule has 5 nitrogen and oxygen atoms in total. The second-order valence-corrected chi connectivity index (χ2v) is 7.77. The van der Waals surface area contributed by atoms with Crippen molar-refractivity contribution in [3.63, 3.8) is 0 Å². The standard InChI is InChI=1S/C20H41N5.HI/c1-3-12-24-16-9-19(10-17-24)18-23-20(21-2)22-11-8-15-25-13-6-4-5-7-14-25;/h19H,3-18H2,1-2H3,(H2,21,22,23);1H. The van der Waals surface area contributed by atoms with Gasteiger partial charge in [-0.25, -0.2) is 0 Å². The first-order valence-corrected chi connectivity index (χ1v) is 10.7. The molecule has 0 aromatic heterocycles. The van der Waals surface area contributed by atoms with Gasteiger partial charge in [0.15, 0.2) is 5.96 Å². The summed E-state index contributed by atoms with van der Waals surface area (Å²) in [6.07, 6.45) is 10.7. The zero-order valence-electron chi connectivity index (χ0n) is 17.1. The highest BCUT2D eigenvalue weighted by Gasteiger charge is 2.18. The van der Waals surface area contributed by atoms with Crippen LogP contribution in [-0.2, 0) is 0 Å². The molecule has 0 radical (unpaired) electrons. The largest absolute Gasteiger partial charge is 0.356 e. The minimum Gasteiger partial charge on any atom is -0.356 e. The van der Waals surface area contributed by atoms with Gasteiger partial charge < -0.3 is 20.4 Å². The number of rotatable bonds is 8. The highest BCUT2D eigenvalue weighted by molar-refractivity contribution is 14.0.